The fourth-order valence-corrected chi connectivity index (χ4v) is 4.27. The zero-order valence-corrected chi connectivity index (χ0v) is 14.7. The minimum absolute atomic E-state index is 0.0716. The largest absolute Gasteiger partial charge is 0.497 e. The zero-order chi connectivity index (χ0) is 17.2. The number of rotatable bonds is 4. The Balaban J connectivity index is 1.40. The number of hydrogen-bond donors (Lipinski definition) is 0. The normalized spacial score (nSPS) is 29.6. The van der Waals surface area contributed by atoms with E-state index < -0.39 is 0 Å². The van der Waals surface area contributed by atoms with E-state index in [1.165, 1.54) is 5.56 Å². The van der Waals surface area contributed by atoms with Gasteiger partial charge in [-0.25, -0.2) is 5.06 Å². The van der Waals surface area contributed by atoms with Crippen molar-refractivity contribution in [1.29, 1.82) is 0 Å². The molecule has 3 aliphatic heterocycles. The SMILES string of the molecule is COc1ccc(CN2C[C@H]3COC[C@@H](C(=O)N4CCCO4)[C@H]3C2)cc1. The number of methoxy groups -OCH3 is 1. The lowest BCUT2D eigenvalue weighted by atomic mass is 9.82. The van der Waals surface area contributed by atoms with E-state index in [9.17, 15) is 4.79 Å². The van der Waals surface area contributed by atoms with Crippen molar-refractivity contribution in [1.82, 2.24) is 9.96 Å². The monoisotopic (exact) mass is 346 g/mol. The molecule has 0 radical (unpaired) electrons. The Kier molecular flexibility index (Phi) is 4.92. The van der Waals surface area contributed by atoms with Gasteiger partial charge in [0.1, 0.15) is 5.75 Å². The van der Waals surface area contributed by atoms with Gasteiger partial charge >= 0.3 is 0 Å². The second kappa shape index (κ2) is 7.32. The van der Waals surface area contributed by atoms with Crippen LogP contribution in [-0.4, -0.2) is 62.4 Å². The van der Waals surface area contributed by atoms with Crippen molar-refractivity contribution in [3.05, 3.63) is 29.8 Å². The highest BCUT2D eigenvalue weighted by Gasteiger charge is 2.45. The van der Waals surface area contributed by atoms with Gasteiger partial charge in [-0.3, -0.25) is 14.5 Å². The maximum Gasteiger partial charge on any atom is 0.251 e. The summed E-state index contributed by atoms with van der Waals surface area (Å²) in [5, 5.41) is 1.56. The first-order chi connectivity index (χ1) is 12.2. The highest BCUT2D eigenvalue weighted by atomic mass is 16.7. The molecule has 25 heavy (non-hydrogen) atoms. The third-order valence-corrected chi connectivity index (χ3v) is 5.59. The minimum atomic E-state index is -0.0716. The summed E-state index contributed by atoms with van der Waals surface area (Å²) < 4.78 is 11.0. The van der Waals surface area contributed by atoms with Crippen LogP contribution in [0.3, 0.4) is 0 Å². The molecule has 4 rings (SSSR count). The highest BCUT2D eigenvalue weighted by molar-refractivity contribution is 5.78. The fourth-order valence-electron chi connectivity index (χ4n) is 4.27. The molecule has 0 aromatic heterocycles. The Morgan fingerprint density at radius 3 is 2.80 bits per heavy atom. The van der Waals surface area contributed by atoms with E-state index >= 15 is 0 Å². The van der Waals surface area contributed by atoms with Crippen molar-refractivity contribution in [2.75, 3.05) is 46.6 Å². The highest BCUT2D eigenvalue weighted by Crippen LogP contribution is 2.36. The first-order valence-electron chi connectivity index (χ1n) is 9.12. The molecular formula is C19H26N2O4. The van der Waals surface area contributed by atoms with E-state index in [4.69, 9.17) is 14.3 Å². The lowest BCUT2D eigenvalue weighted by molar-refractivity contribution is -0.181. The van der Waals surface area contributed by atoms with Crippen LogP contribution >= 0.6 is 0 Å². The lowest BCUT2D eigenvalue weighted by Gasteiger charge is -2.33. The minimum Gasteiger partial charge on any atom is -0.497 e. The number of ether oxygens (including phenoxy) is 2. The van der Waals surface area contributed by atoms with Crippen molar-refractivity contribution in [3.8, 4) is 5.75 Å². The quantitative estimate of drug-likeness (QED) is 0.828. The molecule has 0 unspecified atom stereocenters. The number of carbonyl (C=O) groups is 1. The number of amides is 1. The van der Waals surface area contributed by atoms with Gasteiger partial charge in [-0.1, -0.05) is 12.1 Å². The molecule has 3 saturated heterocycles. The number of carbonyl (C=O) groups excluding carboxylic acids is 1. The number of likely N-dealkylation sites (tertiary alicyclic amines) is 1. The molecule has 3 aliphatic rings. The molecule has 3 heterocycles. The Morgan fingerprint density at radius 1 is 1.24 bits per heavy atom. The lowest BCUT2D eigenvalue weighted by Crippen LogP contribution is -2.45. The second-order valence-electron chi connectivity index (χ2n) is 7.24. The van der Waals surface area contributed by atoms with Crippen molar-refractivity contribution < 1.29 is 19.1 Å². The summed E-state index contributed by atoms with van der Waals surface area (Å²) in [4.78, 5) is 20.7. The molecule has 1 amide bonds. The number of benzene rings is 1. The Bertz CT molecular complexity index is 600. The van der Waals surface area contributed by atoms with Gasteiger partial charge in [-0.2, -0.15) is 0 Å². The van der Waals surface area contributed by atoms with Gasteiger partial charge in [0, 0.05) is 19.6 Å². The van der Waals surface area contributed by atoms with Gasteiger partial charge < -0.3 is 9.47 Å². The van der Waals surface area contributed by atoms with Gasteiger partial charge in [0.2, 0.25) is 0 Å². The van der Waals surface area contributed by atoms with Crippen molar-refractivity contribution >= 4 is 5.91 Å². The van der Waals surface area contributed by atoms with E-state index in [0.29, 0.717) is 31.6 Å². The molecule has 6 heteroatoms. The first-order valence-corrected chi connectivity index (χ1v) is 9.12. The van der Waals surface area contributed by atoms with Crippen molar-refractivity contribution in [2.24, 2.45) is 17.8 Å². The molecule has 136 valence electrons. The Hall–Kier alpha value is -1.63. The van der Waals surface area contributed by atoms with Gasteiger partial charge in [0.15, 0.2) is 0 Å². The predicted octanol–water partition coefficient (Wildman–Crippen LogP) is 1.55. The molecular weight excluding hydrogens is 320 g/mol. The molecule has 3 atom stereocenters. The van der Waals surface area contributed by atoms with E-state index in [-0.39, 0.29) is 11.8 Å². The van der Waals surface area contributed by atoms with Crippen LogP contribution in [0, 0.1) is 17.8 Å². The van der Waals surface area contributed by atoms with Gasteiger partial charge in [0.25, 0.3) is 5.91 Å². The summed E-state index contributed by atoms with van der Waals surface area (Å²) >= 11 is 0. The van der Waals surface area contributed by atoms with E-state index in [1.807, 2.05) is 12.1 Å². The molecule has 1 aromatic rings. The molecule has 1 aromatic carbocycles. The summed E-state index contributed by atoms with van der Waals surface area (Å²) in [6, 6.07) is 8.22. The average Bonchev–Trinajstić information content (AvgIpc) is 3.31. The van der Waals surface area contributed by atoms with Gasteiger partial charge in [0.05, 0.1) is 39.4 Å². The smallest absolute Gasteiger partial charge is 0.251 e. The number of hydroxylamine groups is 2. The summed E-state index contributed by atoms with van der Waals surface area (Å²) in [7, 11) is 1.68. The molecule has 0 aliphatic carbocycles. The predicted molar refractivity (Wildman–Crippen MR) is 91.8 cm³/mol. The van der Waals surface area contributed by atoms with Crippen LogP contribution in [0.25, 0.3) is 0 Å². The molecule has 0 N–H and O–H groups in total. The van der Waals surface area contributed by atoms with Crippen LogP contribution < -0.4 is 4.74 Å². The Morgan fingerprint density at radius 2 is 2.08 bits per heavy atom. The standard InChI is InChI=1S/C19H26N2O4/c1-23-16-5-3-14(4-6-16)9-20-10-15-12-24-13-18(17(15)11-20)19(22)21-7-2-8-25-21/h3-6,15,17-18H,2,7-13H2,1H3/t15-,17-,18+/m0/s1. The van der Waals surface area contributed by atoms with Crippen molar-refractivity contribution in [3.63, 3.8) is 0 Å². The summed E-state index contributed by atoms with van der Waals surface area (Å²) in [5.41, 5.74) is 1.27. The van der Waals surface area contributed by atoms with E-state index in [1.54, 1.807) is 12.2 Å². The second-order valence-corrected chi connectivity index (χ2v) is 7.24. The Labute approximate surface area is 148 Å². The van der Waals surface area contributed by atoms with E-state index in [2.05, 4.69) is 17.0 Å². The van der Waals surface area contributed by atoms with Crippen LogP contribution in [0.2, 0.25) is 0 Å². The molecule has 6 nitrogen and oxygen atoms in total. The van der Waals surface area contributed by atoms with E-state index in [0.717, 1.165) is 38.4 Å². The van der Waals surface area contributed by atoms with Crippen LogP contribution in [0.5, 0.6) is 5.75 Å². The molecule has 0 saturated carbocycles. The van der Waals surface area contributed by atoms with Crippen LogP contribution in [0.1, 0.15) is 12.0 Å². The summed E-state index contributed by atoms with van der Waals surface area (Å²) in [5.74, 6) is 1.71. The summed E-state index contributed by atoms with van der Waals surface area (Å²) in [6.45, 7) is 5.48. The number of nitrogens with zero attached hydrogens (tertiary/aromatic N) is 2. The maximum atomic E-state index is 12.8. The third kappa shape index (κ3) is 3.52. The topological polar surface area (TPSA) is 51.2 Å². The van der Waals surface area contributed by atoms with Crippen LogP contribution in [0.15, 0.2) is 24.3 Å². The fraction of sp³-hybridized carbons (Fsp3) is 0.632. The zero-order valence-electron chi connectivity index (χ0n) is 14.7. The maximum absolute atomic E-state index is 12.8. The first kappa shape index (κ1) is 16.8. The molecule has 0 bridgehead atoms. The van der Waals surface area contributed by atoms with Crippen LogP contribution in [-0.2, 0) is 20.9 Å². The number of fused-ring (bicyclic) bond motifs is 1. The third-order valence-electron chi connectivity index (χ3n) is 5.59. The number of hydrogen-bond acceptors (Lipinski definition) is 5. The van der Waals surface area contributed by atoms with Gasteiger partial charge in [-0.15, -0.1) is 0 Å². The van der Waals surface area contributed by atoms with Gasteiger partial charge in [-0.05, 0) is 36.0 Å². The molecule has 3 fully saturated rings. The van der Waals surface area contributed by atoms with Crippen LogP contribution in [0.4, 0.5) is 0 Å². The van der Waals surface area contributed by atoms with Crippen molar-refractivity contribution in [2.45, 2.75) is 13.0 Å². The summed E-state index contributed by atoms with van der Waals surface area (Å²) in [6.07, 6.45) is 0.928. The molecule has 0 spiro atoms. The average molecular weight is 346 g/mol.